The lowest BCUT2D eigenvalue weighted by Crippen LogP contribution is -2.21. The summed E-state index contributed by atoms with van der Waals surface area (Å²) in [6, 6.07) is 6.55. The van der Waals surface area contributed by atoms with E-state index < -0.39 is 35.0 Å². The molecule has 0 aliphatic heterocycles. The van der Waals surface area contributed by atoms with Gasteiger partial charge in [-0.3, -0.25) is 9.59 Å². The second-order valence-electron chi connectivity index (χ2n) is 6.47. The number of hydrogen-bond donors (Lipinski definition) is 1. The normalized spacial score (nSPS) is 11.1. The number of hydrogen-bond acceptors (Lipinski definition) is 4. The number of pyridine rings is 1. The van der Waals surface area contributed by atoms with Gasteiger partial charge in [-0.05, 0) is 31.0 Å². The summed E-state index contributed by atoms with van der Waals surface area (Å²) in [5, 5.41) is 0.806. The summed E-state index contributed by atoms with van der Waals surface area (Å²) in [6.45, 7) is 1.87. The molecule has 0 aliphatic carbocycles. The summed E-state index contributed by atoms with van der Waals surface area (Å²) in [7, 11) is 0. The summed E-state index contributed by atoms with van der Waals surface area (Å²) >= 11 is 0. The van der Waals surface area contributed by atoms with Gasteiger partial charge in [0.1, 0.15) is 0 Å². The average molecular weight is 408 g/mol. The SMILES string of the molecule is Cc1cc(=O)n(CCCC(=O)Oc2c(F)c(F)cc(F)c2F)c2cc(N)ccc12. The Morgan fingerprint density at radius 3 is 2.38 bits per heavy atom. The molecule has 3 aromatic rings. The molecule has 2 N–H and O–H groups in total. The molecule has 0 saturated heterocycles. The lowest BCUT2D eigenvalue weighted by Gasteiger charge is -2.13. The first kappa shape index (κ1) is 20.4. The van der Waals surface area contributed by atoms with Gasteiger partial charge < -0.3 is 15.0 Å². The molecule has 0 fully saturated rings. The maximum Gasteiger partial charge on any atom is 0.311 e. The van der Waals surface area contributed by atoms with Gasteiger partial charge >= 0.3 is 5.97 Å². The van der Waals surface area contributed by atoms with Gasteiger partial charge in [-0.2, -0.15) is 8.78 Å². The second kappa shape index (κ2) is 7.94. The van der Waals surface area contributed by atoms with E-state index in [2.05, 4.69) is 4.74 Å². The number of halogens is 4. The highest BCUT2D eigenvalue weighted by Gasteiger charge is 2.23. The molecule has 2 aromatic carbocycles. The number of nitrogen functional groups attached to an aromatic ring is 1. The topological polar surface area (TPSA) is 74.3 Å². The number of esters is 1. The number of fused-ring (bicyclic) bond motifs is 1. The van der Waals surface area contributed by atoms with Crippen molar-refractivity contribution in [2.45, 2.75) is 26.3 Å². The third-order valence-electron chi connectivity index (χ3n) is 4.39. The summed E-state index contributed by atoms with van der Waals surface area (Å²) in [6.07, 6.45) is -0.270. The Balaban J connectivity index is 1.75. The van der Waals surface area contributed by atoms with Gasteiger partial charge in [0.15, 0.2) is 11.6 Å². The molecule has 0 aliphatic rings. The summed E-state index contributed by atoms with van der Waals surface area (Å²) in [5.74, 6) is -9.49. The Morgan fingerprint density at radius 2 is 1.72 bits per heavy atom. The molecule has 0 bridgehead atoms. The van der Waals surface area contributed by atoms with Crippen molar-refractivity contribution >= 4 is 22.6 Å². The fourth-order valence-corrected chi connectivity index (χ4v) is 2.98. The number of ether oxygens (including phenoxy) is 1. The molecule has 0 spiro atoms. The van der Waals surface area contributed by atoms with Crippen LogP contribution in [-0.4, -0.2) is 10.5 Å². The van der Waals surface area contributed by atoms with Crippen LogP contribution in [0.25, 0.3) is 10.9 Å². The molecule has 1 aromatic heterocycles. The lowest BCUT2D eigenvalue weighted by molar-refractivity contribution is -0.135. The van der Waals surface area contributed by atoms with Crippen LogP contribution in [-0.2, 0) is 11.3 Å². The molecular weight excluding hydrogens is 392 g/mol. The second-order valence-corrected chi connectivity index (χ2v) is 6.47. The van der Waals surface area contributed by atoms with E-state index in [0.717, 1.165) is 10.9 Å². The summed E-state index contributed by atoms with van der Waals surface area (Å²) in [4.78, 5) is 24.2. The Labute approximate surface area is 162 Å². The first-order chi connectivity index (χ1) is 13.7. The van der Waals surface area contributed by atoms with Gasteiger partial charge in [0.2, 0.25) is 17.4 Å². The number of rotatable bonds is 5. The molecule has 29 heavy (non-hydrogen) atoms. The molecule has 0 atom stereocenters. The van der Waals surface area contributed by atoms with Crippen molar-refractivity contribution in [3.05, 3.63) is 69.5 Å². The minimum Gasteiger partial charge on any atom is -0.420 e. The predicted molar refractivity (Wildman–Crippen MR) is 98.5 cm³/mol. The molecule has 0 saturated carbocycles. The van der Waals surface area contributed by atoms with Gasteiger partial charge in [-0.15, -0.1) is 0 Å². The number of nitrogens with zero attached hydrogens (tertiary/aromatic N) is 1. The molecule has 0 amide bonds. The third-order valence-corrected chi connectivity index (χ3v) is 4.39. The van der Waals surface area contributed by atoms with Crippen molar-refractivity contribution in [2.24, 2.45) is 0 Å². The van der Waals surface area contributed by atoms with Crippen LogP contribution in [0.15, 0.2) is 35.1 Å². The van der Waals surface area contributed by atoms with Crippen LogP contribution in [0.3, 0.4) is 0 Å². The molecule has 0 unspecified atom stereocenters. The zero-order valence-electron chi connectivity index (χ0n) is 15.3. The van der Waals surface area contributed by atoms with Gasteiger partial charge in [-0.1, -0.05) is 6.07 Å². The van der Waals surface area contributed by atoms with E-state index in [1.165, 1.54) is 10.6 Å². The number of benzene rings is 2. The minimum absolute atomic E-state index is 0.0165. The van der Waals surface area contributed by atoms with E-state index in [1.807, 2.05) is 0 Å². The molecular formula is C20H16F4N2O3. The van der Waals surface area contributed by atoms with Crippen LogP contribution < -0.4 is 16.0 Å². The Morgan fingerprint density at radius 1 is 1.07 bits per heavy atom. The van der Waals surface area contributed by atoms with Crippen molar-refractivity contribution in [1.29, 1.82) is 0 Å². The molecule has 0 radical (unpaired) electrons. The average Bonchev–Trinajstić information content (AvgIpc) is 2.66. The minimum atomic E-state index is -1.80. The van der Waals surface area contributed by atoms with E-state index >= 15 is 0 Å². The quantitative estimate of drug-likeness (QED) is 0.229. The number of anilines is 1. The fraction of sp³-hybridized carbons (Fsp3) is 0.200. The highest BCUT2D eigenvalue weighted by molar-refractivity contribution is 5.85. The van der Waals surface area contributed by atoms with Gasteiger partial charge in [-0.25, -0.2) is 8.78 Å². The van der Waals surface area contributed by atoms with E-state index in [9.17, 15) is 27.2 Å². The zero-order chi connectivity index (χ0) is 21.3. The van der Waals surface area contributed by atoms with Crippen LogP contribution in [0.4, 0.5) is 23.2 Å². The summed E-state index contributed by atoms with van der Waals surface area (Å²) in [5.41, 5.74) is 7.27. The number of aromatic nitrogens is 1. The molecule has 3 rings (SSSR count). The fourth-order valence-electron chi connectivity index (χ4n) is 2.98. The standard InChI is InChI=1S/C20H16F4N2O3/c1-10-7-16(27)26(15-8-11(25)4-5-12(10)15)6-2-3-17(28)29-20-18(23)13(21)9-14(22)19(20)24/h4-5,7-9H,2-3,6,25H2,1H3. The van der Waals surface area contributed by atoms with Gasteiger partial charge in [0, 0.05) is 36.2 Å². The first-order valence-corrected chi connectivity index (χ1v) is 8.62. The predicted octanol–water partition coefficient (Wildman–Crippen LogP) is 3.83. The lowest BCUT2D eigenvalue weighted by atomic mass is 10.1. The van der Waals surface area contributed by atoms with Crippen LogP contribution in [0.5, 0.6) is 5.75 Å². The molecule has 152 valence electrons. The smallest absolute Gasteiger partial charge is 0.311 e. The van der Waals surface area contributed by atoms with Crippen molar-refractivity contribution in [1.82, 2.24) is 4.57 Å². The van der Waals surface area contributed by atoms with Gasteiger partial charge in [0.25, 0.3) is 5.56 Å². The highest BCUT2D eigenvalue weighted by Crippen LogP contribution is 2.27. The van der Waals surface area contributed by atoms with Crippen LogP contribution >= 0.6 is 0 Å². The van der Waals surface area contributed by atoms with Crippen LogP contribution in [0.2, 0.25) is 0 Å². The maximum absolute atomic E-state index is 13.6. The van der Waals surface area contributed by atoms with E-state index in [1.54, 1.807) is 25.1 Å². The van der Waals surface area contributed by atoms with Gasteiger partial charge in [0.05, 0.1) is 5.52 Å². The molecule has 5 nitrogen and oxygen atoms in total. The monoisotopic (exact) mass is 408 g/mol. The van der Waals surface area contributed by atoms with Crippen molar-refractivity contribution in [2.75, 3.05) is 5.73 Å². The first-order valence-electron chi connectivity index (χ1n) is 8.62. The van der Waals surface area contributed by atoms with E-state index in [-0.39, 0.29) is 31.0 Å². The Bertz CT molecular complexity index is 1150. The summed E-state index contributed by atoms with van der Waals surface area (Å²) < 4.78 is 59.4. The largest absolute Gasteiger partial charge is 0.420 e. The number of aryl methyl sites for hydroxylation is 2. The van der Waals surface area contributed by atoms with E-state index in [4.69, 9.17) is 5.73 Å². The molecule has 1 heterocycles. The highest BCUT2D eigenvalue weighted by atomic mass is 19.2. The Hall–Kier alpha value is -3.36. The number of carbonyl (C=O) groups is 1. The van der Waals surface area contributed by atoms with Crippen molar-refractivity contribution < 1.29 is 27.1 Å². The van der Waals surface area contributed by atoms with Crippen LogP contribution in [0.1, 0.15) is 18.4 Å². The number of carbonyl (C=O) groups excluding carboxylic acids is 1. The zero-order valence-corrected chi connectivity index (χ0v) is 15.3. The van der Waals surface area contributed by atoms with Crippen LogP contribution in [0, 0.1) is 30.2 Å². The maximum atomic E-state index is 13.6. The number of nitrogens with two attached hydrogens (primary N) is 1. The molecule has 9 heteroatoms. The Kier molecular flexibility index (Phi) is 5.58. The third kappa shape index (κ3) is 4.08. The van der Waals surface area contributed by atoms with E-state index in [0.29, 0.717) is 11.2 Å². The van der Waals surface area contributed by atoms with Crippen molar-refractivity contribution in [3.63, 3.8) is 0 Å². The van der Waals surface area contributed by atoms with Crippen molar-refractivity contribution in [3.8, 4) is 5.75 Å².